The van der Waals surface area contributed by atoms with Crippen LogP contribution in [-0.2, 0) is 9.59 Å². The van der Waals surface area contributed by atoms with Crippen LogP contribution in [0.4, 0.5) is 20.2 Å². The molecule has 1 saturated carbocycles. The first-order chi connectivity index (χ1) is 14.0. The zero-order valence-corrected chi connectivity index (χ0v) is 16.8. The number of hydrogen-bond donors (Lipinski definition) is 1. The van der Waals surface area contributed by atoms with Gasteiger partial charge in [0.2, 0.25) is 11.8 Å². The summed E-state index contributed by atoms with van der Waals surface area (Å²) in [6.07, 6.45) is 8.25. The Hall–Kier alpha value is -2.18. The molecule has 0 aromatic heterocycles. The van der Waals surface area contributed by atoms with Crippen LogP contribution in [0.2, 0.25) is 0 Å². The van der Waals surface area contributed by atoms with E-state index in [2.05, 4.69) is 5.32 Å². The summed E-state index contributed by atoms with van der Waals surface area (Å²) in [6, 6.07) is 1.79. The van der Waals surface area contributed by atoms with Crippen LogP contribution in [0.5, 0.6) is 0 Å². The maximum atomic E-state index is 14.5. The van der Waals surface area contributed by atoms with E-state index in [1.165, 1.54) is 12.1 Å². The van der Waals surface area contributed by atoms with Crippen molar-refractivity contribution >= 4 is 23.2 Å². The highest BCUT2D eigenvalue weighted by molar-refractivity contribution is 5.98. The van der Waals surface area contributed by atoms with Crippen molar-refractivity contribution in [3.63, 3.8) is 0 Å². The van der Waals surface area contributed by atoms with Crippen molar-refractivity contribution in [2.24, 2.45) is 5.92 Å². The lowest BCUT2D eigenvalue weighted by Gasteiger charge is -2.30. The molecule has 1 aliphatic carbocycles. The van der Waals surface area contributed by atoms with Gasteiger partial charge in [-0.15, -0.1) is 0 Å². The molecule has 2 heterocycles. The molecule has 2 amide bonds. The summed E-state index contributed by atoms with van der Waals surface area (Å²) < 4.78 is 29.1. The van der Waals surface area contributed by atoms with Gasteiger partial charge in [-0.25, -0.2) is 8.78 Å². The molecule has 3 fully saturated rings. The minimum atomic E-state index is -0.663. The number of nitrogens with one attached hydrogen (secondary N) is 1. The lowest BCUT2D eigenvalue weighted by atomic mass is 9.88. The zero-order chi connectivity index (χ0) is 20.4. The molecule has 1 unspecified atom stereocenters. The van der Waals surface area contributed by atoms with Crippen molar-refractivity contribution in [1.82, 2.24) is 4.90 Å². The molecule has 0 radical (unpaired) electrons. The van der Waals surface area contributed by atoms with Gasteiger partial charge in [-0.05, 0) is 50.7 Å². The van der Waals surface area contributed by atoms with Gasteiger partial charge in [0.05, 0.1) is 0 Å². The molecule has 2 aliphatic heterocycles. The molecule has 0 bridgehead atoms. The molecule has 0 spiro atoms. The molecule has 5 nitrogen and oxygen atoms in total. The van der Waals surface area contributed by atoms with Crippen molar-refractivity contribution in [3.05, 3.63) is 23.8 Å². The lowest BCUT2D eigenvalue weighted by molar-refractivity contribution is -0.141. The van der Waals surface area contributed by atoms with E-state index in [1.807, 2.05) is 0 Å². The van der Waals surface area contributed by atoms with Gasteiger partial charge in [0.25, 0.3) is 0 Å². The van der Waals surface area contributed by atoms with Crippen LogP contribution < -0.4 is 10.2 Å². The van der Waals surface area contributed by atoms with E-state index in [0.717, 1.165) is 51.4 Å². The lowest BCUT2D eigenvalue weighted by Crippen LogP contribution is -2.46. The fourth-order valence-corrected chi connectivity index (χ4v) is 4.99. The zero-order valence-electron chi connectivity index (χ0n) is 16.8. The number of halogens is 2. The predicted molar refractivity (Wildman–Crippen MR) is 108 cm³/mol. The number of carbonyl (C=O) groups excluding carboxylic acids is 2. The highest BCUT2D eigenvalue weighted by atomic mass is 19.1. The molecule has 4 rings (SSSR count). The molecule has 29 heavy (non-hydrogen) atoms. The van der Waals surface area contributed by atoms with E-state index >= 15 is 0 Å². The van der Waals surface area contributed by atoms with Crippen molar-refractivity contribution < 1.29 is 18.4 Å². The van der Waals surface area contributed by atoms with Crippen molar-refractivity contribution in [2.75, 3.05) is 29.9 Å². The SMILES string of the molecule is O=C(Nc1cc(F)c(N2CCCC2)c(F)c1)C1CCCN1C(=O)C1CCCCC1. The van der Waals surface area contributed by atoms with Crippen LogP contribution in [0.1, 0.15) is 57.8 Å². The molecule has 3 aliphatic rings. The first-order valence-corrected chi connectivity index (χ1v) is 10.9. The Morgan fingerprint density at radius 3 is 2.17 bits per heavy atom. The van der Waals surface area contributed by atoms with Gasteiger partial charge in [0, 0.05) is 31.2 Å². The van der Waals surface area contributed by atoms with Crippen molar-refractivity contribution in [2.45, 2.75) is 63.8 Å². The minimum absolute atomic E-state index is 0.00628. The summed E-state index contributed by atoms with van der Waals surface area (Å²) in [4.78, 5) is 29.1. The summed E-state index contributed by atoms with van der Waals surface area (Å²) in [7, 11) is 0. The third-order valence-corrected chi connectivity index (χ3v) is 6.50. The van der Waals surface area contributed by atoms with E-state index in [9.17, 15) is 18.4 Å². The summed E-state index contributed by atoms with van der Waals surface area (Å²) in [5.41, 5.74) is 0.0837. The van der Waals surface area contributed by atoms with Gasteiger partial charge in [0.15, 0.2) is 11.6 Å². The van der Waals surface area contributed by atoms with Crippen LogP contribution >= 0.6 is 0 Å². The average molecular weight is 405 g/mol. The Morgan fingerprint density at radius 1 is 0.862 bits per heavy atom. The van der Waals surface area contributed by atoms with Crippen molar-refractivity contribution in [3.8, 4) is 0 Å². The monoisotopic (exact) mass is 405 g/mol. The Bertz CT molecular complexity index is 750. The van der Waals surface area contributed by atoms with Crippen LogP contribution in [0.15, 0.2) is 12.1 Å². The average Bonchev–Trinajstić information content (AvgIpc) is 3.40. The van der Waals surface area contributed by atoms with E-state index in [0.29, 0.717) is 26.1 Å². The number of benzene rings is 1. The molecule has 2 saturated heterocycles. The largest absolute Gasteiger partial charge is 0.367 e. The third-order valence-electron chi connectivity index (χ3n) is 6.50. The van der Waals surface area contributed by atoms with E-state index in [4.69, 9.17) is 0 Å². The molecular weight excluding hydrogens is 376 g/mol. The van der Waals surface area contributed by atoms with E-state index in [-0.39, 0.29) is 29.1 Å². The van der Waals surface area contributed by atoms with Gasteiger partial charge in [-0.3, -0.25) is 9.59 Å². The highest BCUT2D eigenvalue weighted by Gasteiger charge is 2.37. The quantitative estimate of drug-likeness (QED) is 0.821. The Balaban J connectivity index is 1.44. The normalized spacial score (nSPS) is 22.9. The molecule has 1 aromatic rings. The molecule has 1 N–H and O–H groups in total. The van der Waals surface area contributed by atoms with Gasteiger partial charge in [-0.1, -0.05) is 19.3 Å². The van der Waals surface area contributed by atoms with Crippen LogP contribution in [0, 0.1) is 17.6 Å². The second kappa shape index (κ2) is 8.67. The fraction of sp³-hybridized carbons (Fsp3) is 0.636. The number of anilines is 2. The highest BCUT2D eigenvalue weighted by Crippen LogP contribution is 2.31. The first-order valence-electron chi connectivity index (χ1n) is 10.9. The van der Waals surface area contributed by atoms with E-state index < -0.39 is 17.7 Å². The number of hydrogen-bond acceptors (Lipinski definition) is 3. The fourth-order valence-electron chi connectivity index (χ4n) is 4.99. The number of rotatable bonds is 4. The summed E-state index contributed by atoms with van der Waals surface area (Å²) in [5, 5.41) is 2.64. The van der Waals surface area contributed by atoms with Crippen LogP contribution in [-0.4, -0.2) is 42.4 Å². The Morgan fingerprint density at radius 2 is 1.52 bits per heavy atom. The number of nitrogens with zero attached hydrogens (tertiary/aromatic N) is 2. The molecule has 7 heteroatoms. The summed E-state index contributed by atoms with van der Waals surface area (Å²) in [6.45, 7) is 1.85. The standard InChI is InChI=1S/C22H29F2N3O2/c23-17-13-16(14-18(24)20(17)26-10-4-5-11-26)25-21(28)19-9-6-12-27(19)22(29)15-7-2-1-3-8-15/h13-15,19H,1-12H2,(H,25,28). The van der Waals surface area contributed by atoms with Crippen LogP contribution in [0.25, 0.3) is 0 Å². The number of likely N-dealkylation sites (tertiary alicyclic amines) is 1. The minimum Gasteiger partial charge on any atom is -0.367 e. The second-order valence-corrected chi connectivity index (χ2v) is 8.50. The van der Waals surface area contributed by atoms with Gasteiger partial charge in [-0.2, -0.15) is 0 Å². The summed E-state index contributed by atoms with van der Waals surface area (Å²) in [5.74, 6) is -1.62. The Labute approximate surface area is 170 Å². The third kappa shape index (κ3) is 4.23. The summed E-state index contributed by atoms with van der Waals surface area (Å²) >= 11 is 0. The predicted octanol–water partition coefficient (Wildman–Crippen LogP) is 4.07. The maximum absolute atomic E-state index is 14.5. The van der Waals surface area contributed by atoms with E-state index in [1.54, 1.807) is 9.80 Å². The number of carbonyl (C=O) groups is 2. The van der Waals surface area contributed by atoms with Gasteiger partial charge in [0.1, 0.15) is 11.7 Å². The molecule has 158 valence electrons. The Kier molecular flexibility index (Phi) is 6.01. The topological polar surface area (TPSA) is 52.7 Å². The molecule has 1 aromatic carbocycles. The molecule has 1 atom stereocenters. The van der Waals surface area contributed by atoms with Gasteiger partial charge >= 0.3 is 0 Å². The maximum Gasteiger partial charge on any atom is 0.247 e. The number of amides is 2. The smallest absolute Gasteiger partial charge is 0.247 e. The molecular formula is C22H29F2N3O2. The second-order valence-electron chi connectivity index (χ2n) is 8.50. The van der Waals surface area contributed by atoms with Crippen LogP contribution in [0.3, 0.4) is 0 Å². The van der Waals surface area contributed by atoms with Gasteiger partial charge < -0.3 is 15.1 Å². The first kappa shape index (κ1) is 20.1. The van der Waals surface area contributed by atoms with Crippen molar-refractivity contribution in [1.29, 1.82) is 0 Å².